The maximum atomic E-state index is 14.4. The molecule has 1 fully saturated rings. The summed E-state index contributed by atoms with van der Waals surface area (Å²) in [7, 11) is 0. The number of benzene rings is 3. The van der Waals surface area contributed by atoms with Crippen molar-refractivity contribution < 1.29 is 35.2 Å². The van der Waals surface area contributed by atoms with Gasteiger partial charge in [-0.1, -0.05) is 92.6 Å². The summed E-state index contributed by atoms with van der Waals surface area (Å²) in [6, 6.07) is 16.8. The number of urea groups is 1. The van der Waals surface area contributed by atoms with E-state index in [0.29, 0.717) is 16.2 Å². The molecule has 4 rings (SSSR count). The van der Waals surface area contributed by atoms with Crippen molar-refractivity contribution in [2.24, 2.45) is 5.89 Å². The van der Waals surface area contributed by atoms with Gasteiger partial charge in [-0.25, -0.2) is 4.79 Å². The Morgan fingerprint density at radius 3 is 2.20 bits per heavy atom. The lowest BCUT2D eigenvalue weighted by Gasteiger charge is -2.37. The molecule has 1 aliphatic rings. The van der Waals surface area contributed by atoms with Gasteiger partial charge in [0.1, 0.15) is 11.8 Å². The number of hydrogen-bond donors (Lipinski definition) is 4. The molecule has 0 bridgehead atoms. The highest BCUT2D eigenvalue weighted by Crippen LogP contribution is 2.22. The minimum absolute atomic E-state index is 0.0140. The number of aliphatic hydroxyl groups is 1. The molecule has 3 aromatic rings. The Hall–Kier alpha value is -4.37. The van der Waals surface area contributed by atoms with E-state index in [2.05, 4.69) is 16.0 Å². The minimum atomic E-state index is -3.80. The molecule has 0 saturated carbocycles. The maximum absolute atomic E-state index is 14.4. The van der Waals surface area contributed by atoms with Crippen molar-refractivity contribution in [3.63, 3.8) is 0 Å². The smallest absolute Gasteiger partial charge is 0.318 e. The van der Waals surface area contributed by atoms with Gasteiger partial charge >= 0.3 is 6.03 Å². The van der Waals surface area contributed by atoms with Crippen LogP contribution in [0.25, 0.3) is 0 Å². The Bertz CT molecular complexity index is 1710. The van der Waals surface area contributed by atoms with E-state index in [1.807, 2.05) is 50.2 Å². The standard InChI is InChI=1S/C37H48N4O5/c1-25(2)34(41-20-12-19-38-37(41)45)36(44)39-30(21-28-15-7-5-8-16-28)23-32(42)31(22-29-17-9-6-10-18-29)40-33(43)24-46-35-26(3)13-11-14-27(35)4/h5-11,13-18,25,30-32,34,42H,12,19-24H2,1-4H3,(H,38,45)(H,39,44)(H,40,43)/t30?,31?,32-,34?/m0/s1/i1D3,2D3,25D,34D. The lowest BCUT2D eigenvalue weighted by molar-refractivity contribution is -0.128. The molecule has 9 heteroatoms. The lowest BCUT2D eigenvalue weighted by atomic mass is 9.92. The van der Waals surface area contributed by atoms with E-state index in [4.69, 9.17) is 14.3 Å². The molecule has 4 atom stereocenters. The van der Waals surface area contributed by atoms with Crippen molar-refractivity contribution in [3.8, 4) is 5.75 Å². The fourth-order valence-electron chi connectivity index (χ4n) is 5.58. The van der Waals surface area contributed by atoms with E-state index in [9.17, 15) is 20.9 Å². The third-order valence-corrected chi connectivity index (χ3v) is 7.85. The van der Waals surface area contributed by atoms with Crippen molar-refractivity contribution in [1.82, 2.24) is 20.9 Å². The molecule has 4 amide bonds. The first-order valence-electron chi connectivity index (χ1n) is 19.4. The molecule has 4 N–H and O–H groups in total. The van der Waals surface area contributed by atoms with Crippen molar-refractivity contribution in [1.29, 1.82) is 0 Å². The Labute approximate surface area is 284 Å². The minimum Gasteiger partial charge on any atom is -0.483 e. The van der Waals surface area contributed by atoms with E-state index < -0.39 is 61.6 Å². The largest absolute Gasteiger partial charge is 0.483 e. The SMILES string of the molecule is [2H]C([2H])([2H])C([2H])(C([2H])([2H])[2H])C([2H])(C(=O)NC(Cc1ccccc1)C[C@H](O)C(Cc1ccccc1)NC(=O)COc1c(C)cccc1C)N1CCCNC1=O. The van der Waals surface area contributed by atoms with Crippen LogP contribution in [0.2, 0.25) is 0 Å². The van der Waals surface area contributed by atoms with Crippen LogP contribution in [0.15, 0.2) is 78.9 Å². The molecule has 0 aliphatic carbocycles. The number of hydrogen-bond acceptors (Lipinski definition) is 5. The van der Waals surface area contributed by atoms with Gasteiger partial charge in [0.15, 0.2) is 6.61 Å². The summed E-state index contributed by atoms with van der Waals surface area (Å²) < 4.78 is 72.9. The predicted octanol–water partition coefficient (Wildman–Crippen LogP) is 4.33. The van der Waals surface area contributed by atoms with Gasteiger partial charge in [-0.2, -0.15) is 0 Å². The quantitative estimate of drug-likeness (QED) is 0.198. The highest BCUT2D eigenvalue weighted by atomic mass is 16.5. The van der Waals surface area contributed by atoms with Gasteiger partial charge in [0.25, 0.3) is 5.91 Å². The summed E-state index contributed by atoms with van der Waals surface area (Å²) in [6.45, 7) is -4.37. The van der Waals surface area contributed by atoms with Gasteiger partial charge in [-0.3, -0.25) is 9.59 Å². The molecule has 1 aliphatic heterocycles. The Kier molecular flexibility index (Phi) is 9.06. The number of nitrogens with zero attached hydrogens (tertiary/aromatic N) is 1. The van der Waals surface area contributed by atoms with E-state index in [1.165, 1.54) is 0 Å². The molecule has 3 unspecified atom stereocenters. The van der Waals surface area contributed by atoms with E-state index in [-0.39, 0.29) is 45.4 Å². The normalized spacial score (nSPS) is 19.8. The fourth-order valence-corrected chi connectivity index (χ4v) is 5.58. The molecule has 9 nitrogen and oxygen atoms in total. The number of carbonyl (C=O) groups is 3. The molecule has 1 saturated heterocycles. The van der Waals surface area contributed by atoms with Gasteiger partial charge in [-0.05, 0) is 67.7 Å². The zero-order valence-electron chi connectivity index (χ0n) is 34.2. The molecular formula is C37H48N4O5. The van der Waals surface area contributed by atoms with Crippen LogP contribution in [0.5, 0.6) is 5.75 Å². The van der Waals surface area contributed by atoms with Gasteiger partial charge in [0.05, 0.1) is 13.5 Å². The monoisotopic (exact) mass is 636 g/mol. The Morgan fingerprint density at radius 1 is 0.957 bits per heavy atom. The summed E-state index contributed by atoms with van der Waals surface area (Å²) in [4.78, 5) is 41.4. The van der Waals surface area contributed by atoms with Crippen LogP contribution in [-0.2, 0) is 22.4 Å². The molecule has 0 aromatic heterocycles. The molecule has 0 spiro atoms. The number of nitrogens with one attached hydrogen (secondary N) is 3. The second kappa shape index (κ2) is 16.8. The number of aliphatic hydroxyl groups excluding tert-OH is 1. The second-order valence-corrected chi connectivity index (χ2v) is 11.5. The topological polar surface area (TPSA) is 120 Å². The average Bonchev–Trinajstić information content (AvgIpc) is 3.10. The Balaban J connectivity index is 1.69. The van der Waals surface area contributed by atoms with Crippen LogP contribution in [-0.4, -0.2) is 71.8 Å². The van der Waals surface area contributed by atoms with Crippen LogP contribution >= 0.6 is 0 Å². The summed E-state index contributed by atoms with van der Waals surface area (Å²) in [5.41, 5.74) is 3.11. The van der Waals surface area contributed by atoms with Crippen LogP contribution in [0, 0.1) is 19.7 Å². The van der Waals surface area contributed by atoms with Crippen molar-refractivity contribution >= 4 is 17.8 Å². The van der Waals surface area contributed by atoms with Crippen molar-refractivity contribution in [2.45, 2.75) is 77.4 Å². The number of carbonyl (C=O) groups excluding carboxylic acids is 3. The van der Waals surface area contributed by atoms with Crippen LogP contribution in [0.4, 0.5) is 4.79 Å². The fraction of sp³-hybridized carbons (Fsp3) is 0.432. The summed E-state index contributed by atoms with van der Waals surface area (Å²) in [5.74, 6) is -5.29. The summed E-state index contributed by atoms with van der Waals surface area (Å²) >= 11 is 0. The van der Waals surface area contributed by atoms with E-state index in [0.717, 1.165) is 16.7 Å². The number of para-hydroxylation sites is 1. The molecule has 3 aromatic carbocycles. The summed E-state index contributed by atoms with van der Waals surface area (Å²) in [6.07, 6.45) is -1.32. The molecule has 46 heavy (non-hydrogen) atoms. The van der Waals surface area contributed by atoms with Gasteiger partial charge in [0, 0.05) is 28.7 Å². The highest BCUT2D eigenvalue weighted by molar-refractivity contribution is 5.87. The lowest BCUT2D eigenvalue weighted by Crippen LogP contribution is -2.59. The van der Waals surface area contributed by atoms with Gasteiger partial charge in [0.2, 0.25) is 5.91 Å². The molecular weight excluding hydrogens is 580 g/mol. The third kappa shape index (κ3) is 9.81. The van der Waals surface area contributed by atoms with Crippen molar-refractivity contribution in [3.05, 3.63) is 101 Å². The second-order valence-electron chi connectivity index (χ2n) is 11.5. The summed E-state index contributed by atoms with van der Waals surface area (Å²) in [5, 5.41) is 19.7. The first kappa shape index (κ1) is 24.8. The number of amides is 4. The molecule has 0 radical (unpaired) electrons. The van der Waals surface area contributed by atoms with Crippen LogP contribution < -0.4 is 20.7 Å². The molecule has 1 heterocycles. The third-order valence-electron chi connectivity index (χ3n) is 7.85. The van der Waals surface area contributed by atoms with E-state index >= 15 is 0 Å². The van der Waals surface area contributed by atoms with E-state index in [1.54, 1.807) is 42.5 Å². The number of ether oxygens (including phenoxy) is 1. The van der Waals surface area contributed by atoms with Crippen LogP contribution in [0.3, 0.4) is 0 Å². The van der Waals surface area contributed by atoms with Crippen LogP contribution in [0.1, 0.15) is 59.8 Å². The first-order chi connectivity index (χ1) is 25.3. The molecule has 246 valence electrons. The van der Waals surface area contributed by atoms with Gasteiger partial charge < -0.3 is 30.7 Å². The average molecular weight is 637 g/mol. The first-order valence-corrected chi connectivity index (χ1v) is 15.4. The van der Waals surface area contributed by atoms with Crippen molar-refractivity contribution in [2.75, 3.05) is 19.7 Å². The number of rotatable bonds is 15. The van der Waals surface area contributed by atoms with Gasteiger partial charge in [-0.15, -0.1) is 0 Å². The highest BCUT2D eigenvalue weighted by Gasteiger charge is 2.35. The number of aryl methyl sites for hydroxylation is 2. The zero-order chi connectivity index (χ0) is 39.9. The zero-order valence-corrected chi connectivity index (χ0v) is 26.2. The Morgan fingerprint density at radius 2 is 1.59 bits per heavy atom. The maximum Gasteiger partial charge on any atom is 0.318 e. The predicted molar refractivity (Wildman–Crippen MR) is 180 cm³/mol.